The van der Waals surface area contributed by atoms with Gasteiger partial charge in [-0.25, -0.2) is 4.79 Å². The Morgan fingerprint density at radius 1 is 1.31 bits per heavy atom. The molecule has 0 N–H and O–H groups in total. The van der Waals surface area contributed by atoms with Gasteiger partial charge >= 0.3 is 5.63 Å². The standard InChI is InChI=1S/C12H10O4/c1-8(13)7-15-10-4-2-9-3-5-12(14)16-11(9)6-10/h2-6H,7H2,1H3. The molecule has 0 amide bonds. The highest BCUT2D eigenvalue weighted by Gasteiger charge is 2.01. The van der Waals surface area contributed by atoms with Crippen LogP contribution in [0.2, 0.25) is 0 Å². The molecule has 0 unspecified atom stereocenters. The zero-order valence-corrected chi connectivity index (χ0v) is 8.73. The van der Waals surface area contributed by atoms with Crippen molar-refractivity contribution in [3.8, 4) is 5.75 Å². The Morgan fingerprint density at radius 2 is 2.06 bits per heavy atom. The summed E-state index contributed by atoms with van der Waals surface area (Å²) in [6.07, 6.45) is 0. The van der Waals surface area contributed by atoms with Crippen LogP contribution in [0.3, 0.4) is 0 Å². The van der Waals surface area contributed by atoms with Gasteiger partial charge in [0, 0.05) is 17.5 Å². The number of hydrogen-bond acceptors (Lipinski definition) is 4. The fourth-order valence-corrected chi connectivity index (χ4v) is 1.32. The molecule has 0 bridgehead atoms. The van der Waals surface area contributed by atoms with Crippen molar-refractivity contribution < 1.29 is 13.9 Å². The normalized spacial score (nSPS) is 10.3. The molecule has 0 aliphatic heterocycles. The van der Waals surface area contributed by atoms with Gasteiger partial charge in [-0.15, -0.1) is 0 Å². The molecule has 0 radical (unpaired) electrons. The van der Waals surface area contributed by atoms with Gasteiger partial charge in [0.05, 0.1) is 0 Å². The first kappa shape index (κ1) is 10.4. The summed E-state index contributed by atoms with van der Waals surface area (Å²) in [7, 11) is 0. The monoisotopic (exact) mass is 218 g/mol. The van der Waals surface area contributed by atoms with E-state index in [1.165, 1.54) is 13.0 Å². The molecule has 0 fully saturated rings. The summed E-state index contributed by atoms with van der Waals surface area (Å²) in [6.45, 7) is 1.46. The Balaban J connectivity index is 2.35. The van der Waals surface area contributed by atoms with E-state index in [2.05, 4.69) is 0 Å². The van der Waals surface area contributed by atoms with Crippen molar-refractivity contribution in [3.63, 3.8) is 0 Å². The molecule has 2 rings (SSSR count). The molecule has 0 spiro atoms. The number of rotatable bonds is 3. The van der Waals surface area contributed by atoms with Crippen LogP contribution in [0.4, 0.5) is 0 Å². The molecule has 0 saturated heterocycles. The van der Waals surface area contributed by atoms with Crippen LogP contribution in [0.1, 0.15) is 6.92 Å². The lowest BCUT2D eigenvalue weighted by atomic mass is 10.2. The average Bonchev–Trinajstić information content (AvgIpc) is 2.25. The van der Waals surface area contributed by atoms with Crippen molar-refractivity contribution in [2.24, 2.45) is 0 Å². The van der Waals surface area contributed by atoms with E-state index >= 15 is 0 Å². The van der Waals surface area contributed by atoms with Gasteiger partial charge in [0.1, 0.15) is 17.9 Å². The van der Waals surface area contributed by atoms with Crippen molar-refractivity contribution >= 4 is 16.8 Å². The molecule has 0 aliphatic rings. The van der Waals surface area contributed by atoms with Crippen LogP contribution in [0.5, 0.6) is 5.75 Å². The highest BCUT2D eigenvalue weighted by molar-refractivity contribution is 5.79. The maximum Gasteiger partial charge on any atom is 0.336 e. The van der Waals surface area contributed by atoms with Crippen molar-refractivity contribution in [3.05, 3.63) is 40.8 Å². The number of benzene rings is 1. The summed E-state index contributed by atoms with van der Waals surface area (Å²) in [6, 6.07) is 8.13. The smallest absolute Gasteiger partial charge is 0.336 e. The number of ether oxygens (including phenoxy) is 1. The zero-order chi connectivity index (χ0) is 11.5. The molecular weight excluding hydrogens is 208 g/mol. The van der Waals surface area contributed by atoms with Crippen molar-refractivity contribution in [2.45, 2.75) is 6.92 Å². The lowest BCUT2D eigenvalue weighted by molar-refractivity contribution is -0.118. The third-order valence-corrected chi connectivity index (χ3v) is 2.04. The van der Waals surface area contributed by atoms with Gasteiger partial charge < -0.3 is 9.15 Å². The van der Waals surface area contributed by atoms with Crippen LogP contribution in [0.25, 0.3) is 11.0 Å². The van der Waals surface area contributed by atoms with Crippen molar-refractivity contribution in [1.82, 2.24) is 0 Å². The predicted molar refractivity (Wildman–Crippen MR) is 58.7 cm³/mol. The highest BCUT2D eigenvalue weighted by atomic mass is 16.5. The number of fused-ring (bicyclic) bond motifs is 1. The van der Waals surface area contributed by atoms with Crippen LogP contribution in [-0.4, -0.2) is 12.4 Å². The maximum atomic E-state index is 11.0. The summed E-state index contributed by atoms with van der Waals surface area (Å²) in [5.41, 5.74) is 0.0461. The van der Waals surface area contributed by atoms with E-state index < -0.39 is 5.63 Å². The molecule has 4 nitrogen and oxygen atoms in total. The molecule has 1 heterocycles. The Labute approximate surface area is 91.4 Å². The molecule has 82 valence electrons. The summed E-state index contributed by atoms with van der Waals surface area (Å²) in [4.78, 5) is 21.7. The van der Waals surface area contributed by atoms with E-state index in [9.17, 15) is 9.59 Å². The van der Waals surface area contributed by atoms with Crippen LogP contribution >= 0.6 is 0 Å². The molecule has 16 heavy (non-hydrogen) atoms. The number of ketones is 1. The van der Waals surface area contributed by atoms with E-state index in [1.807, 2.05) is 0 Å². The third kappa shape index (κ3) is 2.28. The van der Waals surface area contributed by atoms with E-state index in [-0.39, 0.29) is 12.4 Å². The minimum Gasteiger partial charge on any atom is -0.486 e. The van der Waals surface area contributed by atoms with E-state index in [1.54, 1.807) is 24.3 Å². The summed E-state index contributed by atoms with van der Waals surface area (Å²) < 4.78 is 10.2. The second kappa shape index (κ2) is 4.18. The van der Waals surface area contributed by atoms with Gasteiger partial charge in [-0.2, -0.15) is 0 Å². The number of Topliss-reactive ketones (excluding diaryl/α,β-unsaturated/α-hetero) is 1. The average molecular weight is 218 g/mol. The first-order valence-electron chi connectivity index (χ1n) is 4.81. The Hall–Kier alpha value is -2.10. The van der Waals surface area contributed by atoms with Crippen LogP contribution in [0, 0.1) is 0 Å². The molecule has 0 atom stereocenters. The van der Waals surface area contributed by atoms with Gasteiger partial charge in [-0.1, -0.05) is 0 Å². The Bertz CT molecular complexity index is 583. The van der Waals surface area contributed by atoms with Crippen LogP contribution in [0.15, 0.2) is 39.5 Å². The van der Waals surface area contributed by atoms with Crippen molar-refractivity contribution in [2.75, 3.05) is 6.61 Å². The van der Waals surface area contributed by atoms with Gasteiger partial charge in [0.15, 0.2) is 5.78 Å². The lowest BCUT2D eigenvalue weighted by Crippen LogP contribution is -2.06. The second-order valence-electron chi connectivity index (χ2n) is 3.44. The zero-order valence-electron chi connectivity index (χ0n) is 8.73. The highest BCUT2D eigenvalue weighted by Crippen LogP contribution is 2.19. The fourth-order valence-electron chi connectivity index (χ4n) is 1.32. The first-order chi connectivity index (χ1) is 7.65. The minimum atomic E-state index is -0.406. The van der Waals surface area contributed by atoms with Crippen LogP contribution < -0.4 is 10.4 Å². The van der Waals surface area contributed by atoms with Gasteiger partial charge in [0.2, 0.25) is 0 Å². The summed E-state index contributed by atoms with van der Waals surface area (Å²) in [5.74, 6) is 0.451. The molecule has 1 aromatic heterocycles. The Morgan fingerprint density at radius 3 is 2.81 bits per heavy atom. The topological polar surface area (TPSA) is 56.5 Å². The van der Waals surface area contributed by atoms with E-state index in [0.717, 1.165) is 5.39 Å². The molecule has 4 heteroatoms. The molecule has 2 aromatic rings. The van der Waals surface area contributed by atoms with Gasteiger partial charge in [0.25, 0.3) is 0 Å². The quantitative estimate of drug-likeness (QED) is 0.736. The largest absolute Gasteiger partial charge is 0.486 e. The molecule has 1 aromatic carbocycles. The lowest BCUT2D eigenvalue weighted by Gasteiger charge is -2.03. The van der Waals surface area contributed by atoms with Crippen molar-refractivity contribution in [1.29, 1.82) is 0 Å². The van der Waals surface area contributed by atoms with Gasteiger partial charge in [-0.05, 0) is 25.1 Å². The summed E-state index contributed by atoms with van der Waals surface area (Å²) in [5, 5.41) is 0.815. The molecular formula is C12H10O4. The van der Waals surface area contributed by atoms with Crippen LogP contribution in [-0.2, 0) is 4.79 Å². The molecule has 0 aliphatic carbocycles. The maximum absolute atomic E-state index is 11.0. The number of hydrogen-bond donors (Lipinski definition) is 0. The number of carbonyl (C=O) groups is 1. The number of carbonyl (C=O) groups excluding carboxylic acids is 1. The second-order valence-corrected chi connectivity index (χ2v) is 3.44. The van der Waals surface area contributed by atoms with Gasteiger partial charge in [-0.3, -0.25) is 4.79 Å². The summed E-state index contributed by atoms with van der Waals surface area (Å²) >= 11 is 0. The predicted octanol–water partition coefficient (Wildman–Crippen LogP) is 1.76. The first-order valence-corrected chi connectivity index (χ1v) is 4.81. The Kier molecular flexibility index (Phi) is 2.72. The molecule has 0 saturated carbocycles. The van der Waals surface area contributed by atoms with E-state index in [4.69, 9.17) is 9.15 Å². The minimum absolute atomic E-state index is 0.0164. The fraction of sp³-hybridized carbons (Fsp3) is 0.167. The third-order valence-electron chi connectivity index (χ3n) is 2.04. The SMILES string of the molecule is CC(=O)COc1ccc2ccc(=O)oc2c1. The van der Waals surface area contributed by atoms with E-state index in [0.29, 0.717) is 11.3 Å².